The van der Waals surface area contributed by atoms with E-state index in [2.05, 4.69) is 46.4 Å². The van der Waals surface area contributed by atoms with Crippen molar-refractivity contribution in [3.05, 3.63) is 40.9 Å². The number of para-hydroxylation sites is 1. The zero-order chi connectivity index (χ0) is 13.1. The summed E-state index contributed by atoms with van der Waals surface area (Å²) in [6, 6.07) is 8.70. The molecule has 3 nitrogen and oxygen atoms in total. The predicted octanol–water partition coefficient (Wildman–Crippen LogP) is 3.53. The van der Waals surface area contributed by atoms with Crippen LogP contribution >= 0.6 is 11.3 Å². The highest BCUT2D eigenvalue weighted by Crippen LogP contribution is 2.30. The first kappa shape index (κ1) is 12.5. The molecule has 0 saturated heterocycles. The predicted molar refractivity (Wildman–Crippen MR) is 82.1 cm³/mol. The maximum atomic E-state index is 4.43. The van der Waals surface area contributed by atoms with Gasteiger partial charge in [-0.3, -0.25) is 0 Å². The second kappa shape index (κ2) is 5.61. The van der Waals surface area contributed by atoms with Crippen LogP contribution in [0.4, 0.5) is 10.8 Å². The normalized spacial score (nSPS) is 13.6. The quantitative estimate of drug-likeness (QED) is 0.903. The molecule has 0 spiro atoms. The SMILES string of the molecule is CCCNc1ncc(CN2CCc3ccccc32)s1. The molecule has 1 aromatic carbocycles. The lowest BCUT2D eigenvalue weighted by Crippen LogP contribution is -2.18. The summed E-state index contributed by atoms with van der Waals surface area (Å²) in [5, 5.41) is 4.39. The molecule has 2 heterocycles. The molecule has 0 amide bonds. The Morgan fingerprint density at radius 1 is 1.37 bits per heavy atom. The van der Waals surface area contributed by atoms with Crippen LogP contribution in [0.25, 0.3) is 0 Å². The average Bonchev–Trinajstić information content (AvgIpc) is 3.05. The van der Waals surface area contributed by atoms with Crippen molar-refractivity contribution >= 4 is 22.2 Å². The molecule has 0 saturated carbocycles. The van der Waals surface area contributed by atoms with Crippen LogP contribution in [0.15, 0.2) is 30.5 Å². The summed E-state index contributed by atoms with van der Waals surface area (Å²) in [5.41, 5.74) is 2.86. The van der Waals surface area contributed by atoms with Crippen molar-refractivity contribution in [2.24, 2.45) is 0 Å². The van der Waals surface area contributed by atoms with Crippen molar-refractivity contribution in [3.8, 4) is 0 Å². The molecule has 1 N–H and O–H groups in total. The molecule has 0 radical (unpaired) electrons. The molecule has 0 bridgehead atoms. The fourth-order valence-electron chi connectivity index (χ4n) is 2.45. The number of rotatable bonds is 5. The summed E-state index contributed by atoms with van der Waals surface area (Å²) in [6.07, 6.45) is 4.30. The zero-order valence-electron chi connectivity index (χ0n) is 11.2. The number of hydrogen-bond donors (Lipinski definition) is 1. The van der Waals surface area contributed by atoms with Crippen molar-refractivity contribution in [2.45, 2.75) is 26.3 Å². The zero-order valence-corrected chi connectivity index (χ0v) is 12.0. The number of hydrogen-bond acceptors (Lipinski definition) is 4. The van der Waals surface area contributed by atoms with Crippen molar-refractivity contribution in [1.82, 2.24) is 4.98 Å². The molecule has 2 aromatic rings. The summed E-state index contributed by atoms with van der Waals surface area (Å²) in [7, 11) is 0. The highest BCUT2D eigenvalue weighted by molar-refractivity contribution is 7.15. The first-order valence-electron chi connectivity index (χ1n) is 6.88. The molecule has 0 atom stereocenters. The largest absolute Gasteiger partial charge is 0.366 e. The summed E-state index contributed by atoms with van der Waals surface area (Å²) >= 11 is 1.77. The van der Waals surface area contributed by atoms with Gasteiger partial charge in [-0.05, 0) is 24.5 Å². The monoisotopic (exact) mass is 273 g/mol. The van der Waals surface area contributed by atoms with E-state index in [-0.39, 0.29) is 0 Å². The van der Waals surface area contributed by atoms with Crippen LogP contribution in [0, 0.1) is 0 Å². The van der Waals surface area contributed by atoms with Gasteiger partial charge < -0.3 is 10.2 Å². The van der Waals surface area contributed by atoms with Crippen LogP contribution in [0.5, 0.6) is 0 Å². The van der Waals surface area contributed by atoms with Crippen molar-refractivity contribution in [2.75, 3.05) is 23.3 Å². The maximum Gasteiger partial charge on any atom is 0.182 e. The Hall–Kier alpha value is -1.55. The molecule has 1 aromatic heterocycles. The minimum Gasteiger partial charge on any atom is -0.366 e. The van der Waals surface area contributed by atoms with E-state index >= 15 is 0 Å². The van der Waals surface area contributed by atoms with Gasteiger partial charge >= 0.3 is 0 Å². The van der Waals surface area contributed by atoms with Gasteiger partial charge in [-0.2, -0.15) is 0 Å². The van der Waals surface area contributed by atoms with E-state index < -0.39 is 0 Å². The first-order valence-corrected chi connectivity index (χ1v) is 7.70. The molecule has 1 aliphatic heterocycles. The molecule has 1 aliphatic rings. The van der Waals surface area contributed by atoms with E-state index in [1.807, 2.05) is 6.20 Å². The topological polar surface area (TPSA) is 28.2 Å². The molecule has 0 fully saturated rings. The van der Waals surface area contributed by atoms with Crippen LogP contribution in [0.3, 0.4) is 0 Å². The van der Waals surface area contributed by atoms with Gasteiger partial charge in [0.25, 0.3) is 0 Å². The molecular formula is C15H19N3S. The van der Waals surface area contributed by atoms with Crippen molar-refractivity contribution in [3.63, 3.8) is 0 Å². The number of anilines is 2. The van der Waals surface area contributed by atoms with Gasteiger partial charge in [0.15, 0.2) is 5.13 Å². The minimum absolute atomic E-state index is 0.975. The Kier molecular flexibility index (Phi) is 3.69. The number of aromatic nitrogens is 1. The van der Waals surface area contributed by atoms with Crippen LogP contribution in [-0.2, 0) is 13.0 Å². The third-order valence-electron chi connectivity index (χ3n) is 3.41. The average molecular weight is 273 g/mol. The Bertz CT molecular complexity index is 550. The van der Waals surface area contributed by atoms with E-state index in [4.69, 9.17) is 0 Å². The van der Waals surface area contributed by atoms with Crippen LogP contribution < -0.4 is 10.2 Å². The number of nitrogens with one attached hydrogen (secondary N) is 1. The van der Waals surface area contributed by atoms with E-state index in [9.17, 15) is 0 Å². The lowest BCUT2D eigenvalue weighted by Gasteiger charge is -2.17. The second-order valence-electron chi connectivity index (χ2n) is 4.86. The van der Waals surface area contributed by atoms with Gasteiger partial charge in [-0.25, -0.2) is 4.98 Å². The molecular weight excluding hydrogens is 254 g/mol. The molecule has 0 aliphatic carbocycles. The summed E-state index contributed by atoms with van der Waals surface area (Å²) in [5.74, 6) is 0. The highest BCUT2D eigenvalue weighted by atomic mass is 32.1. The Morgan fingerprint density at radius 2 is 2.26 bits per heavy atom. The van der Waals surface area contributed by atoms with Gasteiger partial charge in [0.2, 0.25) is 0 Å². The van der Waals surface area contributed by atoms with Gasteiger partial charge in [0.05, 0.1) is 6.54 Å². The van der Waals surface area contributed by atoms with Gasteiger partial charge in [-0.15, -0.1) is 11.3 Å². The number of benzene rings is 1. The van der Waals surface area contributed by atoms with Crippen LogP contribution in [0.1, 0.15) is 23.8 Å². The smallest absolute Gasteiger partial charge is 0.182 e. The van der Waals surface area contributed by atoms with E-state index in [0.717, 1.165) is 37.6 Å². The fraction of sp³-hybridized carbons (Fsp3) is 0.400. The third-order valence-corrected chi connectivity index (χ3v) is 4.35. The van der Waals surface area contributed by atoms with Crippen molar-refractivity contribution < 1.29 is 0 Å². The number of fused-ring (bicyclic) bond motifs is 1. The van der Waals surface area contributed by atoms with E-state index in [0.29, 0.717) is 0 Å². The molecule has 3 rings (SSSR count). The number of thiazole rings is 1. The summed E-state index contributed by atoms with van der Waals surface area (Å²) in [4.78, 5) is 8.21. The van der Waals surface area contributed by atoms with E-state index in [1.165, 1.54) is 16.1 Å². The highest BCUT2D eigenvalue weighted by Gasteiger charge is 2.18. The summed E-state index contributed by atoms with van der Waals surface area (Å²) in [6.45, 7) is 5.26. The molecule has 19 heavy (non-hydrogen) atoms. The second-order valence-corrected chi connectivity index (χ2v) is 5.97. The first-order chi connectivity index (χ1) is 9.36. The minimum atomic E-state index is 0.975. The van der Waals surface area contributed by atoms with Crippen LogP contribution in [-0.4, -0.2) is 18.1 Å². The maximum absolute atomic E-state index is 4.43. The Labute approximate surface area is 118 Å². The summed E-state index contributed by atoms with van der Waals surface area (Å²) < 4.78 is 0. The third kappa shape index (κ3) is 2.73. The standard InChI is InChI=1S/C15H19N3S/c1-2-8-16-15-17-10-13(19-15)11-18-9-7-12-5-3-4-6-14(12)18/h3-6,10H,2,7-9,11H2,1H3,(H,16,17). The Morgan fingerprint density at radius 3 is 3.16 bits per heavy atom. The van der Waals surface area contributed by atoms with Crippen LogP contribution in [0.2, 0.25) is 0 Å². The van der Waals surface area contributed by atoms with Crippen molar-refractivity contribution in [1.29, 1.82) is 0 Å². The molecule has 0 unspecified atom stereocenters. The fourth-order valence-corrected chi connectivity index (χ4v) is 3.31. The molecule has 100 valence electrons. The lowest BCUT2D eigenvalue weighted by atomic mass is 10.2. The van der Waals surface area contributed by atoms with Gasteiger partial charge in [-0.1, -0.05) is 25.1 Å². The van der Waals surface area contributed by atoms with E-state index in [1.54, 1.807) is 11.3 Å². The molecule has 4 heteroatoms. The lowest BCUT2D eigenvalue weighted by molar-refractivity contribution is 0.844. The van der Waals surface area contributed by atoms with Gasteiger partial charge in [0, 0.05) is 29.9 Å². The Balaban J connectivity index is 1.68. The number of nitrogens with zero attached hydrogens (tertiary/aromatic N) is 2. The van der Waals surface area contributed by atoms with Gasteiger partial charge in [0.1, 0.15) is 0 Å².